The first-order valence-electron chi connectivity index (χ1n) is 18.1. The van der Waals surface area contributed by atoms with E-state index in [0.29, 0.717) is 23.7 Å². The van der Waals surface area contributed by atoms with E-state index in [1.807, 2.05) is 13.8 Å². The molecule has 1 N–H and O–H groups in total. The number of hydrogen-bond donors (Lipinski definition) is 1. The number of hydrogen-bond acceptors (Lipinski definition) is 3. The van der Waals surface area contributed by atoms with E-state index in [0.717, 1.165) is 57.8 Å². The molecule has 1 saturated heterocycles. The third-order valence-corrected chi connectivity index (χ3v) is 12.7. The van der Waals surface area contributed by atoms with Crippen LogP contribution in [0, 0.1) is 36.0 Å². The Morgan fingerprint density at radius 1 is 1.07 bits per heavy atom. The maximum Gasteiger partial charge on any atom is 0.327 e. The summed E-state index contributed by atoms with van der Waals surface area (Å²) in [7, 11) is 1.80. The highest BCUT2D eigenvalue weighted by molar-refractivity contribution is 5.97. The molecule has 0 bridgehead atoms. The van der Waals surface area contributed by atoms with Crippen molar-refractivity contribution < 1.29 is 14.7 Å². The van der Waals surface area contributed by atoms with E-state index in [2.05, 4.69) is 51.1 Å². The lowest BCUT2D eigenvalue weighted by Gasteiger charge is -2.53. The number of urea groups is 1. The van der Waals surface area contributed by atoms with Crippen LogP contribution in [0.15, 0.2) is 30.4 Å². The number of benzene rings is 1. The van der Waals surface area contributed by atoms with E-state index in [9.17, 15) is 14.7 Å². The molecule has 3 unspecified atom stereocenters. The Morgan fingerprint density at radius 2 is 1.84 bits per heavy atom. The molecule has 1 aliphatic heterocycles. The van der Waals surface area contributed by atoms with Gasteiger partial charge in [-0.2, -0.15) is 0 Å². The van der Waals surface area contributed by atoms with Gasteiger partial charge in [0.05, 0.1) is 18.2 Å². The number of imide groups is 1. The van der Waals surface area contributed by atoms with Gasteiger partial charge in [-0.3, -0.25) is 9.69 Å². The van der Waals surface area contributed by atoms with Crippen molar-refractivity contribution in [3.63, 3.8) is 0 Å². The average molecular weight is 605 g/mol. The van der Waals surface area contributed by atoms with Crippen LogP contribution in [0.5, 0.6) is 0 Å². The summed E-state index contributed by atoms with van der Waals surface area (Å²) >= 11 is 0. The first-order chi connectivity index (χ1) is 21.1. The van der Waals surface area contributed by atoms with Gasteiger partial charge >= 0.3 is 6.03 Å². The van der Waals surface area contributed by atoms with Gasteiger partial charge in [0.1, 0.15) is 0 Å². The number of amides is 3. The number of aryl methyl sites for hydroxylation is 1. The lowest BCUT2D eigenvalue weighted by atomic mass is 9.52. The molecule has 44 heavy (non-hydrogen) atoms. The quantitative estimate of drug-likeness (QED) is 0.192. The van der Waals surface area contributed by atoms with Crippen LogP contribution in [0.2, 0.25) is 0 Å². The van der Waals surface area contributed by atoms with Crippen LogP contribution in [-0.2, 0) is 11.2 Å². The molecule has 9 atom stereocenters. The molecule has 4 aliphatic rings. The number of unbranched alkanes of at least 4 members (excludes halogenated alkanes) is 4. The molecule has 5 nitrogen and oxygen atoms in total. The van der Waals surface area contributed by atoms with Gasteiger partial charge in [-0.25, -0.2) is 4.79 Å². The fourth-order valence-electron chi connectivity index (χ4n) is 9.80. The molecule has 0 spiro atoms. The van der Waals surface area contributed by atoms with Gasteiger partial charge in [-0.05, 0) is 125 Å². The molecule has 1 aromatic rings. The fourth-order valence-corrected chi connectivity index (χ4v) is 9.80. The van der Waals surface area contributed by atoms with Crippen molar-refractivity contribution in [3.05, 3.63) is 47.0 Å². The highest BCUT2D eigenvalue weighted by atomic mass is 16.3. The van der Waals surface area contributed by atoms with Gasteiger partial charge in [0.15, 0.2) is 0 Å². The lowest BCUT2D eigenvalue weighted by Crippen LogP contribution is -2.47. The van der Waals surface area contributed by atoms with Crippen molar-refractivity contribution in [2.45, 2.75) is 149 Å². The molecule has 244 valence electrons. The minimum absolute atomic E-state index is 0.0385. The Balaban J connectivity index is 1.09. The highest BCUT2D eigenvalue weighted by Gasteiger charge is 2.56. The van der Waals surface area contributed by atoms with E-state index >= 15 is 0 Å². The largest absolute Gasteiger partial charge is 0.393 e. The Morgan fingerprint density at radius 3 is 2.57 bits per heavy atom. The van der Waals surface area contributed by atoms with Crippen molar-refractivity contribution in [2.75, 3.05) is 7.05 Å². The number of aliphatic hydroxyl groups excluding tert-OH is 1. The van der Waals surface area contributed by atoms with E-state index in [-0.39, 0.29) is 41.5 Å². The van der Waals surface area contributed by atoms with Gasteiger partial charge in [-0.15, -0.1) is 0 Å². The van der Waals surface area contributed by atoms with Crippen LogP contribution >= 0.6 is 0 Å². The summed E-state index contributed by atoms with van der Waals surface area (Å²) in [6, 6.07) is 7.05. The van der Waals surface area contributed by atoms with Crippen molar-refractivity contribution in [3.8, 4) is 0 Å². The van der Waals surface area contributed by atoms with Crippen LogP contribution in [0.4, 0.5) is 4.79 Å². The van der Waals surface area contributed by atoms with Gasteiger partial charge in [0.25, 0.3) is 0 Å². The normalized spacial score (nSPS) is 33.9. The summed E-state index contributed by atoms with van der Waals surface area (Å²) in [6.45, 7) is 10.8. The number of rotatable bonds is 12. The highest BCUT2D eigenvalue weighted by Crippen LogP contribution is 2.62. The SMILES string of the molecule is CCC[C@@H](CCCCCC/C=C/C[C@@H]1Cc2cc(C)ccc2C2CC[C@@]3(C)C(CC[C@@H]3O)C21)C(=O)N1C(=O)N(C)[C@@H](C)[C@H]1C. The zero-order valence-corrected chi connectivity index (χ0v) is 28.6. The molecule has 2 saturated carbocycles. The zero-order valence-electron chi connectivity index (χ0n) is 28.6. The first-order valence-corrected chi connectivity index (χ1v) is 18.1. The molecule has 5 heteroatoms. The van der Waals surface area contributed by atoms with E-state index in [1.165, 1.54) is 42.6 Å². The smallest absolute Gasteiger partial charge is 0.327 e. The molecule has 0 aromatic heterocycles. The minimum atomic E-state index is -0.135. The molecular weight excluding hydrogens is 544 g/mol. The van der Waals surface area contributed by atoms with Crippen LogP contribution in [-0.4, -0.2) is 52.1 Å². The Hall–Kier alpha value is -2.14. The minimum Gasteiger partial charge on any atom is -0.393 e. The summed E-state index contributed by atoms with van der Waals surface area (Å²) in [5, 5.41) is 11.0. The Kier molecular flexibility index (Phi) is 10.6. The molecule has 1 aromatic carbocycles. The summed E-state index contributed by atoms with van der Waals surface area (Å²) in [4.78, 5) is 29.3. The molecule has 3 aliphatic carbocycles. The van der Waals surface area contributed by atoms with Crippen LogP contribution in [0.3, 0.4) is 0 Å². The topological polar surface area (TPSA) is 60.9 Å². The summed E-state index contributed by atoms with van der Waals surface area (Å²) in [5.74, 6) is 2.65. The first kappa shape index (κ1) is 33.2. The van der Waals surface area contributed by atoms with Gasteiger partial charge in [0.2, 0.25) is 5.91 Å². The number of carbonyl (C=O) groups excluding carboxylic acids is 2. The molecular formula is C39H60N2O3. The molecule has 1 heterocycles. The Labute approximate surface area is 267 Å². The van der Waals surface area contributed by atoms with Gasteiger partial charge < -0.3 is 10.0 Å². The molecule has 3 amide bonds. The van der Waals surface area contributed by atoms with Crippen molar-refractivity contribution in [1.29, 1.82) is 0 Å². The van der Waals surface area contributed by atoms with Crippen LogP contribution < -0.4 is 0 Å². The van der Waals surface area contributed by atoms with E-state index in [4.69, 9.17) is 0 Å². The number of aliphatic hydroxyl groups is 1. The third-order valence-electron chi connectivity index (χ3n) is 12.7. The molecule has 5 rings (SSSR count). The van der Waals surface area contributed by atoms with E-state index < -0.39 is 0 Å². The maximum absolute atomic E-state index is 13.3. The summed E-state index contributed by atoms with van der Waals surface area (Å²) in [6.07, 6.45) is 20.1. The fraction of sp³-hybridized carbons (Fsp3) is 0.744. The number of allylic oxidation sites excluding steroid dienone is 2. The predicted octanol–water partition coefficient (Wildman–Crippen LogP) is 8.81. The lowest BCUT2D eigenvalue weighted by molar-refractivity contribution is -0.133. The average Bonchev–Trinajstić information content (AvgIpc) is 3.41. The van der Waals surface area contributed by atoms with Crippen molar-refractivity contribution >= 4 is 11.9 Å². The Bertz CT molecular complexity index is 1190. The summed E-state index contributed by atoms with van der Waals surface area (Å²) in [5.41, 5.74) is 4.66. The van der Waals surface area contributed by atoms with E-state index in [1.54, 1.807) is 23.1 Å². The predicted molar refractivity (Wildman–Crippen MR) is 179 cm³/mol. The monoisotopic (exact) mass is 604 g/mol. The van der Waals surface area contributed by atoms with Gasteiger partial charge in [0, 0.05) is 13.0 Å². The van der Waals surface area contributed by atoms with Crippen LogP contribution in [0.25, 0.3) is 0 Å². The molecule has 0 radical (unpaired) electrons. The third kappa shape index (κ3) is 6.42. The standard InChI is InChI=1S/C39H60N2O3/c1-7-15-29(37(43)41-28(4)27(3)40(6)38(41)44)16-13-11-9-8-10-12-14-17-30-25-31-24-26(2)18-19-32(31)33-22-23-39(5)34(36(30)33)20-21-35(39)42/h12,14,18-19,24,27-30,33-36,42H,7-11,13,15-17,20-23,25H2,1-6H3/b14-12+/t27-,28+,29-,30+,33?,34?,35-,36?,39-/m0/s1. The maximum atomic E-state index is 13.3. The zero-order chi connectivity index (χ0) is 31.6. The van der Waals surface area contributed by atoms with Gasteiger partial charge in [-0.1, -0.05) is 75.4 Å². The number of fused-ring (bicyclic) bond motifs is 5. The number of carbonyl (C=O) groups is 2. The van der Waals surface area contributed by atoms with Crippen molar-refractivity contribution in [1.82, 2.24) is 9.80 Å². The second-order valence-electron chi connectivity index (χ2n) is 15.4. The van der Waals surface area contributed by atoms with Crippen molar-refractivity contribution in [2.24, 2.45) is 29.1 Å². The number of nitrogens with zero attached hydrogens (tertiary/aromatic N) is 2. The summed E-state index contributed by atoms with van der Waals surface area (Å²) < 4.78 is 0. The number of likely N-dealkylation sites (N-methyl/N-ethyl adjacent to an activating group) is 1. The molecule has 3 fully saturated rings. The van der Waals surface area contributed by atoms with Crippen LogP contribution in [0.1, 0.15) is 134 Å². The second kappa shape index (κ2) is 14.1. The second-order valence-corrected chi connectivity index (χ2v) is 15.4.